The normalized spacial score (nSPS) is 20.8. The summed E-state index contributed by atoms with van der Waals surface area (Å²) < 4.78 is 28.2. The Bertz CT molecular complexity index is 745. The molecule has 23 heavy (non-hydrogen) atoms. The van der Waals surface area contributed by atoms with E-state index < -0.39 is 17.0 Å². The van der Waals surface area contributed by atoms with Crippen molar-refractivity contribution in [2.24, 2.45) is 7.05 Å². The summed E-state index contributed by atoms with van der Waals surface area (Å²) in [5, 5.41) is 6.84. The largest absolute Gasteiger partial charge is 0.324 e. The van der Waals surface area contributed by atoms with Crippen LogP contribution in [0.1, 0.15) is 18.9 Å². The SMILES string of the molecule is Cn1ccc(NC(=O)N2CCC(C)(c3ccc(F)c(F)c3)C2)n1. The zero-order valence-corrected chi connectivity index (χ0v) is 13.0. The van der Waals surface area contributed by atoms with Crippen LogP contribution < -0.4 is 5.32 Å². The van der Waals surface area contributed by atoms with Gasteiger partial charge in [0.15, 0.2) is 17.5 Å². The Labute approximate surface area is 132 Å². The van der Waals surface area contributed by atoms with Gasteiger partial charge in [-0.3, -0.25) is 10.00 Å². The summed E-state index contributed by atoms with van der Waals surface area (Å²) in [5.74, 6) is -1.24. The van der Waals surface area contributed by atoms with E-state index in [1.54, 1.807) is 35.0 Å². The van der Waals surface area contributed by atoms with Crippen LogP contribution in [0.3, 0.4) is 0 Å². The van der Waals surface area contributed by atoms with Gasteiger partial charge in [0.1, 0.15) is 0 Å². The molecule has 5 nitrogen and oxygen atoms in total. The van der Waals surface area contributed by atoms with E-state index in [2.05, 4.69) is 10.4 Å². The predicted octanol–water partition coefficient (Wildman–Crippen LogP) is 2.89. The summed E-state index contributed by atoms with van der Waals surface area (Å²) in [4.78, 5) is 14.0. The molecule has 1 fully saturated rings. The summed E-state index contributed by atoms with van der Waals surface area (Å²) in [6.07, 6.45) is 2.43. The number of carbonyl (C=O) groups excluding carboxylic acids is 1. The van der Waals surface area contributed by atoms with Gasteiger partial charge in [0, 0.05) is 37.8 Å². The van der Waals surface area contributed by atoms with Gasteiger partial charge >= 0.3 is 6.03 Å². The topological polar surface area (TPSA) is 50.2 Å². The van der Waals surface area contributed by atoms with E-state index in [1.165, 1.54) is 6.07 Å². The molecule has 1 aromatic heterocycles. The average molecular weight is 320 g/mol. The smallest absolute Gasteiger partial charge is 0.323 e. The van der Waals surface area contributed by atoms with Crippen molar-refractivity contribution >= 4 is 11.8 Å². The molecule has 1 atom stereocenters. The van der Waals surface area contributed by atoms with Gasteiger partial charge in [-0.2, -0.15) is 5.10 Å². The summed E-state index contributed by atoms with van der Waals surface area (Å²) in [6.45, 7) is 2.94. The summed E-state index contributed by atoms with van der Waals surface area (Å²) in [5.41, 5.74) is 0.306. The van der Waals surface area contributed by atoms with Crippen molar-refractivity contribution in [3.8, 4) is 0 Å². The third-order valence-corrected chi connectivity index (χ3v) is 4.33. The van der Waals surface area contributed by atoms with Crippen LogP contribution in [0.25, 0.3) is 0 Å². The van der Waals surface area contributed by atoms with Crippen LogP contribution in [0.5, 0.6) is 0 Å². The molecule has 1 N–H and O–H groups in total. The second-order valence-electron chi connectivity index (χ2n) is 6.17. The Kier molecular flexibility index (Phi) is 3.79. The molecule has 7 heteroatoms. The van der Waals surface area contributed by atoms with Crippen molar-refractivity contribution in [2.75, 3.05) is 18.4 Å². The van der Waals surface area contributed by atoms with Crippen LogP contribution in [0.2, 0.25) is 0 Å². The van der Waals surface area contributed by atoms with Crippen LogP contribution in [0.15, 0.2) is 30.5 Å². The number of anilines is 1. The van der Waals surface area contributed by atoms with Crippen LogP contribution >= 0.6 is 0 Å². The van der Waals surface area contributed by atoms with Crippen LogP contribution in [0.4, 0.5) is 19.4 Å². The molecule has 1 unspecified atom stereocenters. The van der Waals surface area contributed by atoms with E-state index in [4.69, 9.17) is 0 Å². The van der Waals surface area contributed by atoms with Gasteiger partial charge in [-0.25, -0.2) is 13.6 Å². The van der Waals surface area contributed by atoms with E-state index in [-0.39, 0.29) is 6.03 Å². The first-order chi connectivity index (χ1) is 10.9. The number of benzene rings is 1. The van der Waals surface area contributed by atoms with Crippen LogP contribution in [-0.4, -0.2) is 33.8 Å². The Morgan fingerprint density at radius 3 is 2.74 bits per heavy atom. The first-order valence-corrected chi connectivity index (χ1v) is 7.38. The van der Waals surface area contributed by atoms with E-state index in [1.807, 2.05) is 6.92 Å². The predicted molar refractivity (Wildman–Crippen MR) is 82.1 cm³/mol. The minimum Gasteiger partial charge on any atom is -0.324 e. The number of nitrogens with one attached hydrogen (secondary N) is 1. The highest BCUT2D eigenvalue weighted by molar-refractivity contribution is 5.88. The number of urea groups is 1. The molecule has 0 saturated carbocycles. The van der Waals surface area contributed by atoms with Gasteiger partial charge in [-0.15, -0.1) is 0 Å². The van der Waals surface area contributed by atoms with E-state index >= 15 is 0 Å². The van der Waals surface area contributed by atoms with E-state index in [0.29, 0.717) is 30.9 Å². The lowest BCUT2D eigenvalue weighted by Gasteiger charge is -2.25. The lowest BCUT2D eigenvalue weighted by molar-refractivity contribution is 0.220. The fraction of sp³-hybridized carbons (Fsp3) is 0.375. The molecule has 122 valence electrons. The zero-order valence-electron chi connectivity index (χ0n) is 13.0. The fourth-order valence-corrected chi connectivity index (χ4v) is 2.91. The third-order valence-electron chi connectivity index (χ3n) is 4.33. The first kappa shape index (κ1) is 15.5. The van der Waals surface area contributed by atoms with Gasteiger partial charge < -0.3 is 4.90 Å². The number of rotatable bonds is 2. The van der Waals surface area contributed by atoms with Crippen molar-refractivity contribution in [3.63, 3.8) is 0 Å². The Balaban J connectivity index is 1.71. The van der Waals surface area contributed by atoms with Gasteiger partial charge in [0.05, 0.1) is 0 Å². The Hall–Kier alpha value is -2.44. The van der Waals surface area contributed by atoms with Crippen molar-refractivity contribution in [1.82, 2.24) is 14.7 Å². The maximum Gasteiger partial charge on any atom is 0.323 e. The molecular formula is C16H18F2N4O. The van der Waals surface area contributed by atoms with Gasteiger partial charge in [-0.1, -0.05) is 13.0 Å². The molecule has 1 aliphatic rings. The highest BCUT2D eigenvalue weighted by Crippen LogP contribution is 2.35. The quantitative estimate of drug-likeness (QED) is 0.925. The van der Waals surface area contributed by atoms with E-state index in [9.17, 15) is 13.6 Å². The van der Waals surface area contributed by atoms with Crippen molar-refractivity contribution in [2.45, 2.75) is 18.8 Å². The summed E-state index contributed by atoms with van der Waals surface area (Å²) in [7, 11) is 1.77. The highest BCUT2D eigenvalue weighted by Gasteiger charge is 2.38. The molecule has 0 spiro atoms. The van der Waals surface area contributed by atoms with Gasteiger partial charge in [0.25, 0.3) is 0 Å². The number of nitrogens with zero attached hydrogens (tertiary/aromatic N) is 3. The average Bonchev–Trinajstić information content (AvgIpc) is 3.09. The zero-order chi connectivity index (χ0) is 16.6. The van der Waals surface area contributed by atoms with Gasteiger partial charge in [-0.05, 0) is 24.1 Å². The molecule has 0 bridgehead atoms. The molecular weight excluding hydrogens is 302 g/mol. The minimum absolute atomic E-state index is 0.241. The lowest BCUT2D eigenvalue weighted by atomic mass is 9.82. The molecule has 1 saturated heterocycles. The summed E-state index contributed by atoms with van der Waals surface area (Å²) >= 11 is 0. The van der Waals surface area contributed by atoms with Crippen LogP contribution in [0, 0.1) is 11.6 Å². The number of halogens is 2. The standard InChI is InChI=1S/C16H18F2N4O/c1-16(11-3-4-12(17)13(18)9-11)6-8-22(10-16)15(23)19-14-5-7-21(2)20-14/h3-5,7,9H,6,8,10H2,1-2H3,(H,19,20,23). The second kappa shape index (κ2) is 5.64. The van der Waals surface area contributed by atoms with Crippen molar-refractivity contribution in [3.05, 3.63) is 47.7 Å². The Morgan fingerprint density at radius 1 is 1.30 bits per heavy atom. The van der Waals surface area contributed by atoms with E-state index in [0.717, 1.165) is 6.07 Å². The molecule has 2 heterocycles. The molecule has 3 rings (SSSR count). The maximum atomic E-state index is 13.5. The van der Waals surface area contributed by atoms with Crippen molar-refractivity contribution in [1.29, 1.82) is 0 Å². The molecule has 2 amide bonds. The minimum atomic E-state index is -0.861. The number of hydrogen-bond acceptors (Lipinski definition) is 2. The second-order valence-corrected chi connectivity index (χ2v) is 6.17. The molecule has 0 aliphatic carbocycles. The molecule has 1 aliphatic heterocycles. The van der Waals surface area contributed by atoms with Gasteiger partial charge in [0.2, 0.25) is 0 Å². The maximum absolute atomic E-state index is 13.5. The Morgan fingerprint density at radius 2 is 2.09 bits per heavy atom. The van der Waals surface area contributed by atoms with Crippen molar-refractivity contribution < 1.29 is 13.6 Å². The lowest BCUT2D eigenvalue weighted by Crippen LogP contribution is -2.36. The number of aromatic nitrogens is 2. The summed E-state index contributed by atoms with van der Waals surface area (Å²) in [6, 6.07) is 5.40. The number of carbonyl (C=O) groups is 1. The number of likely N-dealkylation sites (tertiary alicyclic amines) is 1. The molecule has 0 radical (unpaired) electrons. The fourth-order valence-electron chi connectivity index (χ4n) is 2.91. The molecule has 2 aromatic rings. The molecule has 1 aromatic carbocycles. The van der Waals surface area contributed by atoms with Crippen LogP contribution in [-0.2, 0) is 12.5 Å². The monoisotopic (exact) mass is 320 g/mol. The third kappa shape index (κ3) is 3.04. The number of amides is 2. The number of hydrogen-bond donors (Lipinski definition) is 1. The highest BCUT2D eigenvalue weighted by atomic mass is 19.2. The number of aryl methyl sites for hydroxylation is 1. The first-order valence-electron chi connectivity index (χ1n) is 7.38.